The smallest absolute Gasteiger partial charge is 0.202 e. The summed E-state index contributed by atoms with van der Waals surface area (Å²) in [7, 11) is 3.57. The third-order valence-corrected chi connectivity index (χ3v) is 4.64. The number of piperidine rings is 1. The molecule has 2 aromatic heterocycles. The molecule has 24 heavy (non-hydrogen) atoms. The van der Waals surface area contributed by atoms with Crippen molar-refractivity contribution in [2.75, 3.05) is 26.8 Å². The number of carbonyl (C=O) groups is 1. The number of hydrogen-bond acceptors (Lipinski definition) is 5. The molecule has 1 atom stereocenters. The van der Waals surface area contributed by atoms with E-state index in [2.05, 4.69) is 19.4 Å². The summed E-state index contributed by atoms with van der Waals surface area (Å²) < 4.78 is 9.07. The number of carbonyl (C=O) groups excluding carboxylic acids is 1. The fourth-order valence-electron chi connectivity index (χ4n) is 3.30. The highest BCUT2D eigenvalue weighted by atomic mass is 16.5. The first-order chi connectivity index (χ1) is 11.7. The zero-order valence-electron chi connectivity index (χ0n) is 14.4. The molecule has 2 aromatic rings. The summed E-state index contributed by atoms with van der Waals surface area (Å²) in [6.45, 7) is 4.08. The van der Waals surface area contributed by atoms with Gasteiger partial charge in [-0.05, 0) is 19.4 Å². The van der Waals surface area contributed by atoms with Gasteiger partial charge in [-0.25, -0.2) is 9.97 Å². The van der Waals surface area contributed by atoms with Crippen molar-refractivity contribution in [1.29, 1.82) is 0 Å². The van der Waals surface area contributed by atoms with E-state index >= 15 is 0 Å². The lowest BCUT2D eigenvalue weighted by molar-refractivity contribution is 0.0794. The molecule has 1 saturated heterocycles. The van der Waals surface area contributed by atoms with E-state index in [0.29, 0.717) is 12.4 Å². The largest absolute Gasteiger partial charge is 0.383 e. The molecule has 0 radical (unpaired) electrons. The second kappa shape index (κ2) is 7.72. The molecule has 0 saturated carbocycles. The maximum Gasteiger partial charge on any atom is 0.202 e. The van der Waals surface area contributed by atoms with Crippen LogP contribution in [0.3, 0.4) is 0 Å². The van der Waals surface area contributed by atoms with Gasteiger partial charge in [0.15, 0.2) is 5.82 Å². The molecule has 1 fully saturated rings. The Balaban J connectivity index is 1.63. The zero-order chi connectivity index (χ0) is 16.9. The lowest BCUT2D eigenvalue weighted by atomic mass is 9.93. The lowest BCUT2D eigenvalue weighted by Crippen LogP contribution is -2.39. The lowest BCUT2D eigenvalue weighted by Gasteiger charge is -2.31. The second-order valence-corrected chi connectivity index (χ2v) is 6.37. The Bertz CT molecular complexity index is 678. The van der Waals surface area contributed by atoms with Crippen molar-refractivity contribution >= 4 is 5.78 Å². The Morgan fingerprint density at radius 2 is 2.33 bits per heavy atom. The fourth-order valence-corrected chi connectivity index (χ4v) is 3.30. The topological polar surface area (TPSA) is 65.2 Å². The van der Waals surface area contributed by atoms with E-state index in [-0.39, 0.29) is 11.7 Å². The van der Waals surface area contributed by atoms with E-state index in [1.807, 2.05) is 25.8 Å². The summed E-state index contributed by atoms with van der Waals surface area (Å²) in [4.78, 5) is 23.5. The molecule has 3 rings (SSSR count). The van der Waals surface area contributed by atoms with Crippen molar-refractivity contribution in [3.05, 3.63) is 36.4 Å². The number of ether oxygens (including phenoxy) is 1. The molecule has 3 heterocycles. The van der Waals surface area contributed by atoms with Crippen LogP contribution in [-0.4, -0.2) is 56.6 Å². The van der Waals surface area contributed by atoms with Crippen LogP contribution in [0.5, 0.6) is 0 Å². The molecule has 0 spiro atoms. The Morgan fingerprint density at radius 3 is 3.08 bits per heavy atom. The van der Waals surface area contributed by atoms with Gasteiger partial charge >= 0.3 is 0 Å². The van der Waals surface area contributed by atoms with Crippen LogP contribution in [0, 0.1) is 5.92 Å². The Morgan fingerprint density at radius 1 is 1.46 bits per heavy atom. The van der Waals surface area contributed by atoms with Gasteiger partial charge in [0.2, 0.25) is 5.78 Å². The molecule has 0 aliphatic carbocycles. The van der Waals surface area contributed by atoms with Gasteiger partial charge in [0.25, 0.3) is 0 Å². The van der Waals surface area contributed by atoms with Gasteiger partial charge in [-0.3, -0.25) is 9.69 Å². The van der Waals surface area contributed by atoms with Crippen LogP contribution in [0.15, 0.2) is 24.9 Å². The van der Waals surface area contributed by atoms with Crippen molar-refractivity contribution in [2.24, 2.45) is 13.0 Å². The number of Topliss-reactive ketones (excluding diaryl/α,β-unsaturated/α-hetero) is 1. The van der Waals surface area contributed by atoms with Crippen molar-refractivity contribution in [1.82, 2.24) is 24.0 Å². The molecule has 130 valence electrons. The van der Waals surface area contributed by atoms with Crippen molar-refractivity contribution in [3.63, 3.8) is 0 Å². The number of imidazole rings is 2. The molecule has 1 aliphatic heterocycles. The molecule has 0 aromatic carbocycles. The number of nitrogens with zero attached hydrogens (tertiary/aromatic N) is 5. The maximum atomic E-state index is 12.7. The Hall–Kier alpha value is -1.99. The number of ketones is 1. The number of methoxy groups -OCH3 is 1. The molecule has 7 heteroatoms. The summed E-state index contributed by atoms with van der Waals surface area (Å²) in [5, 5.41) is 0. The van der Waals surface area contributed by atoms with Gasteiger partial charge in [-0.15, -0.1) is 0 Å². The van der Waals surface area contributed by atoms with Crippen molar-refractivity contribution in [2.45, 2.75) is 25.9 Å². The van der Waals surface area contributed by atoms with Crippen LogP contribution in [0.4, 0.5) is 0 Å². The van der Waals surface area contributed by atoms with Crippen molar-refractivity contribution < 1.29 is 9.53 Å². The van der Waals surface area contributed by atoms with E-state index in [1.165, 1.54) is 0 Å². The zero-order valence-corrected chi connectivity index (χ0v) is 14.4. The molecular weight excluding hydrogens is 306 g/mol. The Kier molecular flexibility index (Phi) is 5.42. The van der Waals surface area contributed by atoms with Gasteiger partial charge in [-0.2, -0.15) is 0 Å². The molecular formula is C17H25N5O2. The van der Waals surface area contributed by atoms with Gasteiger partial charge in [0.05, 0.1) is 18.6 Å². The number of hydrogen-bond donors (Lipinski definition) is 0. The normalized spacial score (nSPS) is 18.8. The predicted octanol–water partition coefficient (Wildman–Crippen LogP) is 1.36. The summed E-state index contributed by atoms with van der Waals surface area (Å²) in [5.41, 5.74) is 1.16. The Labute approximate surface area is 142 Å². The van der Waals surface area contributed by atoms with Crippen LogP contribution >= 0.6 is 0 Å². The minimum atomic E-state index is 0.0233. The highest BCUT2D eigenvalue weighted by molar-refractivity contribution is 5.94. The van der Waals surface area contributed by atoms with E-state index in [4.69, 9.17) is 4.74 Å². The van der Waals surface area contributed by atoms with E-state index in [1.54, 1.807) is 17.9 Å². The predicted molar refractivity (Wildman–Crippen MR) is 89.6 cm³/mol. The van der Waals surface area contributed by atoms with Crippen LogP contribution in [0.2, 0.25) is 0 Å². The van der Waals surface area contributed by atoms with E-state index in [0.717, 1.165) is 44.7 Å². The van der Waals surface area contributed by atoms with Gasteiger partial charge in [-0.1, -0.05) is 0 Å². The van der Waals surface area contributed by atoms with Gasteiger partial charge in [0.1, 0.15) is 0 Å². The minimum absolute atomic E-state index is 0.0233. The first-order valence-corrected chi connectivity index (χ1v) is 8.41. The van der Waals surface area contributed by atoms with Gasteiger partial charge in [0, 0.05) is 58.3 Å². The summed E-state index contributed by atoms with van der Waals surface area (Å²) in [6.07, 6.45) is 9.22. The van der Waals surface area contributed by atoms with Crippen LogP contribution in [-0.2, 0) is 24.9 Å². The molecule has 1 aliphatic rings. The number of aryl methyl sites for hydroxylation is 1. The monoisotopic (exact) mass is 331 g/mol. The average Bonchev–Trinajstić information content (AvgIpc) is 3.21. The fraction of sp³-hybridized carbons (Fsp3) is 0.588. The second-order valence-electron chi connectivity index (χ2n) is 6.37. The number of aromatic nitrogens is 4. The van der Waals surface area contributed by atoms with Gasteiger partial charge < -0.3 is 13.9 Å². The number of likely N-dealkylation sites (tertiary alicyclic amines) is 1. The average molecular weight is 331 g/mol. The number of rotatable bonds is 7. The molecule has 0 amide bonds. The quantitative estimate of drug-likeness (QED) is 0.717. The standard InChI is InChI=1S/C17H25N5O2/c1-20-7-5-19-17(20)16(23)14-4-3-6-21(11-14)12-15-10-18-13-22(15)8-9-24-2/h5,7,10,13-14H,3-4,6,8-9,11-12H2,1-2H3. The van der Waals surface area contributed by atoms with Crippen molar-refractivity contribution in [3.8, 4) is 0 Å². The third kappa shape index (κ3) is 3.73. The summed E-state index contributed by atoms with van der Waals surface area (Å²) >= 11 is 0. The minimum Gasteiger partial charge on any atom is -0.383 e. The molecule has 1 unspecified atom stereocenters. The SMILES string of the molecule is COCCn1cncc1CN1CCCC(C(=O)c2nccn2C)C1. The molecule has 0 N–H and O–H groups in total. The molecule has 0 bridgehead atoms. The van der Waals surface area contributed by atoms with Crippen LogP contribution < -0.4 is 0 Å². The van der Waals surface area contributed by atoms with E-state index < -0.39 is 0 Å². The first kappa shape index (κ1) is 16.9. The first-order valence-electron chi connectivity index (χ1n) is 8.41. The van der Waals surface area contributed by atoms with Crippen LogP contribution in [0.1, 0.15) is 29.2 Å². The highest BCUT2D eigenvalue weighted by Gasteiger charge is 2.29. The van der Waals surface area contributed by atoms with Crippen LogP contribution in [0.25, 0.3) is 0 Å². The highest BCUT2D eigenvalue weighted by Crippen LogP contribution is 2.21. The molecule has 7 nitrogen and oxygen atoms in total. The maximum absolute atomic E-state index is 12.7. The summed E-state index contributed by atoms with van der Waals surface area (Å²) in [6, 6.07) is 0. The third-order valence-electron chi connectivity index (χ3n) is 4.64. The van der Waals surface area contributed by atoms with E-state index in [9.17, 15) is 4.79 Å². The summed E-state index contributed by atoms with van der Waals surface area (Å²) in [5.74, 6) is 0.738.